The van der Waals surface area contributed by atoms with Crippen molar-refractivity contribution in [2.45, 2.75) is 0 Å². The number of carbonyl (C=O) groups excluding carboxylic acids is 1. The van der Waals surface area contributed by atoms with Gasteiger partial charge in [-0.3, -0.25) is 0 Å². The molecule has 18 heavy (non-hydrogen) atoms. The van der Waals surface area contributed by atoms with Crippen molar-refractivity contribution in [3.63, 3.8) is 0 Å². The van der Waals surface area contributed by atoms with Crippen LogP contribution in [0.15, 0.2) is 18.3 Å². The number of nitrogens with zero attached hydrogens (tertiary/aromatic N) is 2. The highest BCUT2D eigenvalue weighted by molar-refractivity contribution is 7.80. The van der Waals surface area contributed by atoms with E-state index in [1.165, 1.54) is 18.4 Å². The summed E-state index contributed by atoms with van der Waals surface area (Å²) in [4.78, 5) is 15.4. The standard InChI is InChI=1S/C10H14N4O3S/c1-11-14(12-2)10(18)17-7-5-4-6-13-8(7)9(15)16-3/h4-6,11-12H,1-3H3. The monoisotopic (exact) mass is 270 g/mol. The van der Waals surface area contributed by atoms with E-state index < -0.39 is 5.97 Å². The molecule has 0 bridgehead atoms. The Kier molecular flexibility index (Phi) is 5.43. The maximum atomic E-state index is 11.5. The normalized spacial score (nSPS) is 9.72. The molecule has 0 atom stereocenters. The summed E-state index contributed by atoms with van der Waals surface area (Å²) < 4.78 is 9.98. The molecule has 0 saturated heterocycles. The summed E-state index contributed by atoms with van der Waals surface area (Å²) in [5.74, 6) is -0.362. The lowest BCUT2D eigenvalue weighted by Gasteiger charge is -2.21. The number of hydrogen-bond donors (Lipinski definition) is 2. The zero-order chi connectivity index (χ0) is 13.5. The molecule has 98 valence electrons. The van der Waals surface area contributed by atoms with Crippen LogP contribution in [0.5, 0.6) is 5.75 Å². The van der Waals surface area contributed by atoms with Crippen LogP contribution in [0.2, 0.25) is 0 Å². The highest BCUT2D eigenvalue weighted by Gasteiger charge is 2.17. The smallest absolute Gasteiger partial charge is 0.360 e. The van der Waals surface area contributed by atoms with Crippen LogP contribution in [0.25, 0.3) is 0 Å². The number of aromatic nitrogens is 1. The van der Waals surface area contributed by atoms with E-state index in [0.29, 0.717) is 0 Å². The number of hydrazine groups is 2. The highest BCUT2D eigenvalue weighted by Crippen LogP contribution is 2.16. The van der Waals surface area contributed by atoms with Crippen LogP contribution in [-0.2, 0) is 4.74 Å². The molecule has 1 heterocycles. The Labute approximate surface area is 110 Å². The van der Waals surface area contributed by atoms with Crippen LogP contribution >= 0.6 is 12.2 Å². The first-order valence-corrected chi connectivity index (χ1v) is 5.45. The summed E-state index contributed by atoms with van der Waals surface area (Å²) in [5, 5.41) is 1.46. The van der Waals surface area contributed by atoms with Gasteiger partial charge in [0.25, 0.3) is 5.17 Å². The van der Waals surface area contributed by atoms with Crippen molar-refractivity contribution in [1.82, 2.24) is 21.0 Å². The van der Waals surface area contributed by atoms with Crippen molar-refractivity contribution in [3.05, 3.63) is 24.0 Å². The molecule has 0 aliphatic rings. The van der Waals surface area contributed by atoms with Gasteiger partial charge in [0.15, 0.2) is 11.4 Å². The van der Waals surface area contributed by atoms with Crippen molar-refractivity contribution in [2.24, 2.45) is 0 Å². The van der Waals surface area contributed by atoms with Gasteiger partial charge in [0.1, 0.15) is 0 Å². The van der Waals surface area contributed by atoms with Crippen molar-refractivity contribution >= 4 is 23.4 Å². The molecule has 2 N–H and O–H groups in total. The Bertz CT molecular complexity index is 437. The summed E-state index contributed by atoms with van der Waals surface area (Å²) in [7, 11) is 4.60. The first-order valence-electron chi connectivity index (χ1n) is 5.04. The lowest BCUT2D eigenvalue weighted by molar-refractivity contribution is 0.0591. The van der Waals surface area contributed by atoms with Gasteiger partial charge in [0.05, 0.1) is 7.11 Å². The number of methoxy groups -OCH3 is 1. The van der Waals surface area contributed by atoms with Crippen LogP contribution in [-0.4, -0.2) is 42.5 Å². The fraction of sp³-hybridized carbons (Fsp3) is 0.300. The van der Waals surface area contributed by atoms with E-state index in [1.54, 1.807) is 26.2 Å². The predicted molar refractivity (Wildman–Crippen MR) is 68.8 cm³/mol. The van der Waals surface area contributed by atoms with Gasteiger partial charge < -0.3 is 9.47 Å². The molecule has 0 unspecified atom stereocenters. The Hall–Kier alpha value is -1.77. The molecule has 1 aromatic rings. The summed E-state index contributed by atoms with van der Waals surface area (Å²) in [5.41, 5.74) is 5.57. The molecule has 0 radical (unpaired) electrons. The van der Waals surface area contributed by atoms with E-state index >= 15 is 0 Å². The Morgan fingerprint density at radius 2 is 2.11 bits per heavy atom. The number of esters is 1. The first kappa shape index (κ1) is 14.3. The lowest BCUT2D eigenvalue weighted by atomic mass is 10.3. The van der Waals surface area contributed by atoms with Crippen LogP contribution in [0.3, 0.4) is 0 Å². The number of carbonyl (C=O) groups is 1. The van der Waals surface area contributed by atoms with Gasteiger partial charge in [-0.25, -0.2) is 20.6 Å². The zero-order valence-electron chi connectivity index (χ0n) is 10.3. The van der Waals surface area contributed by atoms with E-state index in [9.17, 15) is 4.79 Å². The minimum Gasteiger partial charge on any atom is -0.464 e. The average molecular weight is 270 g/mol. The SMILES string of the molecule is CNN(NC)C(=S)Oc1cccnc1C(=O)OC. The average Bonchev–Trinajstić information content (AvgIpc) is 2.40. The maximum absolute atomic E-state index is 11.5. The van der Waals surface area contributed by atoms with Crippen molar-refractivity contribution in [1.29, 1.82) is 0 Å². The van der Waals surface area contributed by atoms with Gasteiger partial charge in [-0.15, -0.1) is 0 Å². The molecule has 0 aliphatic carbocycles. The number of pyridine rings is 1. The molecule has 0 saturated carbocycles. The molecule has 8 heteroatoms. The fourth-order valence-corrected chi connectivity index (χ4v) is 1.43. The molecular weight excluding hydrogens is 256 g/mol. The Morgan fingerprint density at radius 3 is 2.67 bits per heavy atom. The fourth-order valence-electron chi connectivity index (χ4n) is 1.16. The third-order valence-corrected chi connectivity index (χ3v) is 2.24. The van der Waals surface area contributed by atoms with Gasteiger partial charge >= 0.3 is 5.97 Å². The molecule has 0 amide bonds. The summed E-state index contributed by atoms with van der Waals surface area (Å²) in [6.45, 7) is 0. The van der Waals surface area contributed by atoms with Crippen molar-refractivity contribution in [2.75, 3.05) is 21.2 Å². The summed E-state index contributed by atoms with van der Waals surface area (Å²) in [6.07, 6.45) is 1.47. The minimum absolute atomic E-state index is 0.0644. The second-order valence-corrected chi connectivity index (χ2v) is 3.34. The topological polar surface area (TPSA) is 75.7 Å². The third-order valence-electron chi connectivity index (χ3n) is 1.98. The highest BCUT2D eigenvalue weighted by atomic mass is 32.1. The van der Waals surface area contributed by atoms with Gasteiger partial charge in [0, 0.05) is 20.3 Å². The number of thiocarbonyl (C=S) groups is 1. The predicted octanol–water partition coefficient (Wildman–Crippen LogP) is 0.103. The number of rotatable bonds is 4. The van der Waals surface area contributed by atoms with Gasteiger partial charge in [-0.2, -0.15) is 5.12 Å². The van der Waals surface area contributed by atoms with E-state index in [2.05, 4.69) is 20.6 Å². The van der Waals surface area contributed by atoms with Crippen LogP contribution in [0.1, 0.15) is 10.5 Å². The second kappa shape index (κ2) is 6.84. The number of nitrogens with one attached hydrogen (secondary N) is 2. The van der Waals surface area contributed by atoms with Crippen LogP contribution < -0.4 is 15.6 Å². The summed E-state index contributed by atoms with van der Waals surface area (Å²) in [6, 6.07) is 3.21. The van der Waals surface area contributed by atoms with Gasteiger partial charge in [-0.05, 0) is 24.4 Å². The number of hydrogen-bond acceptors (Lipinski definition) is 7. The largest absolute Gasteiger partial charge is 0.464 e. The van der Waals surface area contributed by atoms with E-state index in [-0.39, 0.29) is 16.6 Å². The minimum atomic E-state index is -0.589. The molecule has 0 aromatic carbocycles. The third kappa shape index (κ3) is 3.36. The van der Waals surface area contributed by atoms with E-state index in [1.807, 2.05) is 0 Å². The molecule has 1 aromatic heterocycles. The second-order valence-electron chi connectivity index (χ2n) is 2.99. The van der Waals surface area contributed by atoms with Gasteiger partial charge in [0.2, 0.25) is 0 Å². The maximum Gasteiger partial charge on any atom is 0.360 e. The van der Waals surface area contributed by atoms with Crippen molar-refractivity contribution in [3.8, 4) is 5.75 Å². The lowest BCUT2D eigenvalue weighted by Crippen LogP contribution is -2.49. The zero-order valence-corrected chi connectivity index (χ0v) is 11.1. The van der Waals surface area contributed by atoms with E-state index in [0.717, 1.165) is 0 Å². The molecule has 0 aliphatic heterocycles. The molecular formula is C10H14N4O3S. The Morgan fingerprint density at radius 1 is 1.44 bits per heavy atom. The van der Waals surface area contributed by atoms with Crippen LogP contribution in [0.4, 0.5) is 0 Å². The first-order chi connectivity index (χ1) is 8.63. The van der Waals surface area contributed by atoms with Gasteiger partial charge in [-0.1, -0.05) is 0 Å². The van der Waals surface area contributed by atoms with Crippen LogP contribution in [0, 0.1) is 0 Å². The summed E-state index contributed by atoms with van der Waals surface area (Å²) >= 11 is 5.04. The molecule has 7 nitrogen and oxygen atoms in total. The molecule has 1 rings (SSSR count). The molecule has 0 fully saturated rings. The molecule has 0 spiro atoms. The quantitative estimate of drug-likeness (QED) is 0.453. The van der Waals surface area contributed by atoms with Crippen molar-refractivity contribution < 1.29 is 14.3 Å². The number of ether oxygens (including phenoxy) is 2. The Balaban J connectivity index is 2.90. The van der Waals surface area contributed by atoms with E-state index in [4.69, 9.17) is 17.0 Å².